The van der Waals surface area contributed by atoms with Crippen LogP contribution in [0.1, 0.15) is 20.0 Å². The lowest BCUT2D eigenvalue weighted by Crippen LogP contribution is -2.48. The first kappa shape index (κ1) is 15.9. The molecule has 6 nitrogen and oxygen atoms in total. The molecule has 0 bridgehead atoms. The number of pyridine rings is 1. The summed E-state index contributed by atoms with van der Waals surface area (Å²) < 4.78 is 0.957. The molecule has 2 amide bonds. The van der Waals surface area contributed by atoms with Crippen LogP contribution in [0.3, 0.4) is 0 Å². The molecule has 1 aliphatic rings. The number of carbonyl (C=O) groups is 2. The smallest absolute Gasteiger partial charge is 0.264 e. The Kier molecular flexibility index (Phi) is 4.63. The first-order valence-corrected chi connectivity index (χ1v) is 8.71. The molecule has 2 aromatic heterocycles. The summed E-state index contributed by atoms with van der Waals surface area (Å²) in [5, 5.41) is 0. The molecule has 0 aromatic carbocycles. The van der Waals surface area contributed by atoms with Crippen molar-refractivity contribution in [3.05, 3.63) is 44.7 Å². The minimum Gasteiger partial charge on any atom is -0.366 e. The van der Waals surface area contributed by atoms with Gasteiger partial charge in [0.25, 0.3) is 5.91 Å². The number of hydrogen-bond acceptors (Lipinski definition) is 5. The summed E-state index contributed by atoms with van der Waals surface area (Å²) in [5.41, 5.74) is 5.61. The second-order valence-electron chi connectivity index (χ2n) is 5.15. The highest BCUT2D eigenvalue weighted by Gasteiger charge is 2.23. The van der Waals surface area contributed by atoms with Gasteiger partial charge in [0.1, 0.15) is 5.82 Å². The third-order valence-corrected chi connectivity index (χ3v) is 5.32. The van der Waals surface area contributed by atoms with E-state index < -0.39 is 5.91 Å². The molecule has 1 fully saturated rings. The quantitative estimate of drug-likeness (QED) is 0.862. The van der Waals surface area contributed by atoms with E-state index in [1.165, 1.54) is 17.5 Å². The number of thiophene rings is 1. The lowest BCUT2D eigenvalue weighted by molar-refractivity contribution is 0.0751. The molecule has 1 aliphatic heterocycles. The van der Waals surface area contributed by atoms with E-state index in [1.807, 2.05) is 17.0 Å². The molecule has 1 saturated heterocycles. The summed E-state index contributed by atoms with van der Waals surface area (Å²) in [7, 11) is 0. The zero-order valence-corrected chi connectivity index (χ0v) is 14.6. The van der Waals surface area contributed by atoms with Crippen LogP contribution in [0.2, 0.25) is 0 Å². The Morgan fingerprint density at radius 1 is 1.13 bits per heavy atom. The van der Waals surface area contributed by atoms with Gasteiger partial charge in [0.2, 0.25) is 5.91 Å². The Hall–Kier alpha value is -1.93. The zero-order chi connectivity index (χ0) is 16.4. The largest absolute Gasteiger partial charge is 0.366 e. The molecule has 3 heterocycles. The van der Waals surface area contributed by atoms with Crippen LogP contribution in [0, 0.1) is 0 Å². The summed E-state index contributed by atoms with van der Waals surface area (Å²) >= 11 is 4.83. The maximum absolute atomic E-state index is 12.4. The Balaban J connectivity index is 1.61. The van der Waals surface area contributed by atoms with Crippen molar-refractivity contribution in [2.24, 2.45) is 5.73 Å². The Labute approximate surface area is 146 Å². The Morgan fingerprint density at radius 3 is 2.39 bits per heavy atom. The van der Waals surface area contributed by atoms with Crippen LogP contribution in [-0.4, -0.2) is 47.9 Å². The van der Waals surface area contributed by atoms with Gasteiger partial charge < -0.3 is 15.5 Å². The minimum absolute atomic E-state index is 0.0670. The standard InChI is InChI=1S/C15H15BrN4O2S/c16-12-3-2-11(23-12)15(22)20-7-5-19(6-8-20)13-4-1-10(9-18-13)14(17)21/h1-4,9H,5-8H2,(H2,17,21). The van der Waals surface area contributed by atoms with Gasteiger partial charge in [-0.1, -0.05) is 0 Å². The first-order valence-electron chi connectivity index (χ1n) is 7.10. The van der Waals surface area contributed by atoms with Crippen molar-refractivity contribution in [3.63, 3.8) is 0 Å². The zero-order valence-electron chi connectivity index (χ0n) is 12.2. The molecule has 3 rings (SSSR count). The summed E-state index contributed by atoms with van der Waals surface area (Å²) in [5.74, 6) is 0.375. The van der Waals surface area contributed by atoms with Crippen molar-refractivity contribution in [3.8, 4) is 0 Å². The SMILES string of the molecule is NC(=O)c1ccc(N2CCN(C(=O)c3ccc(Br)s3)CC2)nc1. The van der Waals surface area contributed by atoms with E-state index in [9.17, 15) is 9.59 Å². The number of carbonyl (C=O) groups excluding carboxylic acids is 2. The normalized spacial score (nSPS) is 14.8. The maximum atomic E-state index is 12.4. The molecular weight excluding hydrogens is 380 g/mol. The van der Waals surface area contributed by atoms with Crippen LogP contribution in [0.5, 0.6) is 0 Å². The number of nitrogens with two attached hydrogens (primary N) is 1. The van der Waals surface area contributed by atoms with Crippen LogP contribution in [0.15, 0.2) is 34.2 Å². The van der Waals surface area contributed by atoms with Crippen LogP contribution in [0.4, 0.5) is 5.82 Å². The molecule has 0 atom stereocenters. The molecule has 2 aromatic rings. The highest BCUT2D eigenvalue weighted by atomic mass is 79.9. The number of hydrogen-bond donors (Lipinski definition) is 1. The van der Waals surface area contributed by atoms with Gasteiger partial charge in [-0.25, -0.2) is 4.98 Å². The minimum atomic E-state index is -0.485. The lowest BCUT2D eigenvalue weighted by Gasteiger charge is -2.35. The van der Waals surface area contributed by atoms with Crippen molar-refractivity contribution < 1.29 is 9.59 Å². The topological polar surface area (TPSA) is 79.5 Å². The molecule has 23 heavy (non-hydrogen) atoms. The van der Waals surface area contributed by atoms with Crippen molar-refractivity contribution in [2.45, 2.75) is 0 Å². The first-order chi connectivity index (χ1) is 11.0. The monoisotopic (exact) mass is 394 g/mol. The number of primary amides is 1. The fourth-order valence-corrected chi connectivity index (χ4v) is 3.80. The molecule has 2 N–H and O–H groups in total. The second kappa shape index (κ2) is 6.67. The predicted octanol–water partition coefficient (Wildman–Crippen LogP) is 1.97. The van der Waals surface area contributed by atoms with Gasteiger partial charge in [-0.2, -0.15) is 0 Å². The number of piperazine rings is 1. The van der Waals surface area contributed by atoms with Crippen LogP contribution >= 0.6 is 27.3 Å². The molecule has 0 spiro atoms. The van der Waals surface area contributed by atoms with E-state index in [0.29, 0.717) is 31.7 Å². The summed E-state index contributed by atoms with van der Waals surface area (Å²) in [6, 6.07) is 7.19. The highest BCUT2D eigenvalue weighted by molar-refractivity contribution is 9.11. The van der Waals surface area contributed by atoms with Gasteiger partial charge in [0.15, 0.2) is 0 Å². The van der Waals surface area contributed by atoms with Crippen molar-refractivity contribution in [1.82, 2.24) is 9.88 Å². The third-order valence-electron chi connectivity index (χ3n) is 3.71. The van der Waals surface area contributed by atoms with Crippen LogP contribution in [-0.2, 0) is 0 Å². The van der Waals surface area contributed by atoms with Gasteiger partial charge >= 0.3 is 0 Å². The number of nitrogens with zero attached hydrogens (tertiary/aromatic N) is 3. The number of aromatic nitrogens is 1. The van der Waals surface area contributed by atoms with E-state index in [2.05, 4.69) is 25.8 Å². The number of rotatable bonds is 3. The molecule has 0 saturated carbocycles. The fourth-order valence-electron chi connectivity index (χ4n) is 2.44. The van der Waals surface area contributed by atoms with Crippen LogP contribution < -0.4 is 10.6 Å². The van der Waals surface area contributed by atoms with E-state index in [-0.39, 0.29) is 5.91 Å². The van der Waals surface area contributed by atoms with Gasteiger partial charge in [0.05, 0.1) is 14.2 Å². The molecule has 120 valence electrons. The fraction of sp³-hybridized carbons (Fsp3) is 0.267. The van der Waals surface area contributed by atoms with E-state index >= 15 is 0 Å². The summed E-state index contributed by atoms with van der Waals surface area (Å²) in [6.07, 6.45) is 1.48. The average Bonchev–Trinajstić information content (AvgIpc) is 3.01. The summed E-state index contributed by atoms with van der Waals surface area (Å²) in [6.45, 7) is 2.71. The molecule has 0 unspecified atom stereocenters. The molecule has 8 heteroatoms. The Morgan fingerprint density at radius 2 is 1.87 bits per heavy atom. The average molecular weight is 395 g/mol. The maximum Gasteiger partial charge on any atom is 0.264 e. The van der Waals surface area contributed by atoms with Crippen LogP contribution in [0.25, 0.3) is 0 Å². The highest BCUT2D eigenvalue weighted by Crippen LogP contribution is 2.24. The van der Waals surface area contributed by atoms with E-state index in [4.69, 9.17) is 5.73 Å². The van der Waals surface area contributed by atoms with E-state index in [0.717, 1.165) is 14.5 Å². The number of amides is 2. The van der Waals surface area contributed by atoms with Gasteiger partial charge in [-0.15, -0.1) is 11.3 Å². The Bertz CT molecular complexity index is 723. The molecule has 0 radical (unpaired) electrons. The van der Waals surface area contributed by atoms with E-state index in [1.54, 1.807) is 12.1 Å². The predicted molar refractivity (Wildman–Crippen MR) is 92.9 cm³/mol. The number of halogens is 1. The summed E-state index contributed by atoms with van der Waals surface area (Å²) in [4.78, 5) is 32.4. The van der Waals surface area contributed by atoms with Gasteiger partial charge in [-0.05, 0) is 40.2 Å². The second-order valence-corrected chi connectivity index (χ2v) is 7.62. The van der Waals surface area contributed by atoms with Gasteiger partial charge in [0, 0.05) is 32.4 Å². The van der Waals surface area contributed by atoms with Gasteiger partial charge in [-0.3, -0.25) is 9.59 Å². The van der Waals surface area contributed by atoms with Crippen molar-refractivity contribution >= 4 is 44.9 Å². The third kappa shape index (κ3) is 3.53. The molecular formula is C15H15BrN4O2S. The lowest BCUT2D eigenvalue weighted by atomic mass is 10.2. The number of anilines is 1. The van der Waals surface area contributed by atoms with Crippen molar-refractivity contribution in [1.29, 1.82) is 0 Å². The molecule has 0 aliphatic carbocycles. The van der Waals surface area contributed by atoms with Crippen molar-refractivity contribution in [2.75, 3.05) is 31.1 Å².